The summed E-state index contributed by atoms with van der Waals surface area (Å²) in [6.45, 7) is 3.61. The maximum Gasteiger partial charge on any atom is 0.120 e. The zero-order valence-corrected chi connectivity index (χ0v) is 13.0. The largest absolute Gasteiger partial charge is 0.508 e. The minimum Gasteiger partial charge on any atom is -0.508 e. The molecular weight excluding hydrogens is 260 g/mol. The third-order valence-corrected chi connectivity index (χ3v) is 3.52. The molecule has 2 aromatic rings. The van der Waals surface area contributed by atoms with Gasteiger partial charge in [0.25, 0.3) is 0 Å². The van der Waals surface area contributed by atoms with Crippen LogP contribution in [0.25, 0.3) is 0 Å². The first-order chi connectivity index (χ1) is 10.1. The Morgan fingerprint density at radius 2 is 1.81 bits per heavy atom. The van der Waals surface area contributed by atoms with Gasteiger partial charge in [0, 0.05) is 24.7 Å². The molecule has 21 heavy (non-hydrogen) atoms. The molecule has 1 unspecified atom stereocenters. The van der Waals surface area contributed by atoms with Crippen molar-refractivity contribution in [2.24, 2.45) is 0 Å². The molecule has 2 rings (SSSR count). The van der Waals surface area contributed by atoms with Crippen LogP contribution in [0.15, 0.2) is 48.5 Å². The number of phenols is 1. The SMILES string of the molecule is Cc1ccc(O)c(CNC(CN(C)C)c2ccccc2)c1. The molecule has 0 saturated heterocycles. The molecule has 2 N–H and O–H groups in total. The van der Waals surface area contributed by atoms with Gasteiger partial charge in [0.1, 0.15) is 5.75 Å². The fraction of sp³-hybridized carbons (Fsp3) is 0.333. The van der Waals surface area contributed by atoms with Gasteiger partial charge in [0.05, 0.1) is 0 Å². The van der Waals surface area contributed by atoms with Crippen molar-refractivity contribution in [3.05, 3.63) is 65.2 Å². The molecule has 0 spiro atoms. The van der Waals surface area contributed by atoms with E-state index in [4.69, 9.17) is 0 Å². The van der Waals surface area contributed by atoms with Crippen LogP contribution in [-0.4, -0.2) is 30.6 Å². The van der Waals surface area contributed by atoms with Gasteiger partial charge in [-0.1, -0.05) is 48.0 Å². The molecule has 3 nitrogen and oxygen atoms in total. The lowest BCUT2D eigenvalue weighted by Gasteiger charge is -2.23. The minimum absolute atomic E-state index is 0.237. The third-order valence-electron chi connectivity index (χ3n) is 3.52. The quantitative estimate of drug-likeness (QED) is 0.855. The summed E-state index contributed by atoms with van der Waals surface area (Å²) in [5.41, 5.74) is 3.36. The molecule has 2 aromatic carbocycles. The van der Waals surface area contributed by atoms with Crippen molar-refractivity contribution in [3.8, 4) is 5.75 Å². The molecule has 0 radical (unpaired) electrons. The van der Waals surface area contributed by atoms with E-state index >= 15 is 0 Å². The molecule has 0 aliphatic heterocycles. The summed E-state index contributed by atoms with van der Waals surface area (Å²) in [7, 11) is 4.14. The lowest BCUT2D eigenvalue weighted by atomic mass is 10.1. The van der Waals surface area contributed by atoms with Crippen molar-refractivity contribution < 1.29 is 5.11 Å². The van der Waals surface area contributed by atoms with Crippen molar-refractivity contribution in [1.82, 2.24) is 10.2 Å². The number of hydrogen-bond donors (Lipinski definition) is 2. The second kappa shape index (κ2) is 7.25. The molecular formula is C18H24N2O. The summed E-state index contributed by atoms with van der Waals surface area (Å²) in [4.78, 5) is 2.17. The summed E-state index contributed by atoms with van der Waals surface area (Å²) in [5, 5.41) is 13.5. The lowest BCUT2D eigenvalue weighted by Crippen LogP contribution is -2.30. The third kappa shape index (κ3) is 4.59. The summed E-state index contributed by atoms with van der Waals surface area (Å²) in [6, 6.07) is 16.4. The van der Waals surface area contributed by atoms with E-state index in [1.165, 1.54) is 5.56 Å². The van der Waals surface area contributed by atoms with Crippen LogP contribution < -0.4 is 5.32 Å². The van der Waals surface area contributed by atoms with Crippen LogP contribution in [0.1, 0.15) is 22.7 Å². The number of aryl methyl sites for hydroxylation is 1. The van der Waals surface area contributed by atoms with Crippen molar-refractivity contribution in [2.45, 2.75) is 19.5 Å². The normalized spacial score (nSPS) is 12.6. The second-order valence-electron chi connectivity index (χ2n) is 5.74. The first-order valence-corrected chi connectivity index (χ1v) is 7.28. The van der Waals surface area contributed by atoms with Crippen LogP contribution in [-0.2, 0) is 6.54 Å². The maximum absolute atomic E-state index is 9.95. The van der Waals surface area contributed by atoms with Crippen molar-refractivity contribution in [3.63, 3.8) is 0 Å². The highest BCUT2D eigenvalue weighted by molar-refractivity contribution is 5.35. The average molecular weight is 284 g/mol. The highest BCUT2D eigenvalue weighted by atomic mass is 16.3. The summed E-state index contributed by atoms with van der Waals surface area (Å²) >= 11 is 0. The number of aromatic hydroxyl groups is 1. The maximum atomic E-state index is 9.95. The van der Waals surface area contributed by atoms with E-state index in [9.17, 15) is 5.11 Å². The Balaban J connectivity index is 2.10. The smallest absolute Gasteiger partial charge is 0.120 e. The average Bonchev–Trinajstić information content (AvgIpc) is 2.47. The molecule has 0 amide bonds. The van der Waals surface area contributed by atoms with E-state index in [1.54, 1.807) is 6.07 Å². The number of nitrogens with zero attached hydrogens (tertiary/aromatic N) is 1. The Labute approximate surface area is 127 Å². The molecule has 3 heteroatoms. The number of nitrogens with one attached hydrogen (secondary N) is 1. The van der Waals surface area contributed by atoms with E-state index in [2.05, 4.69) is 48.6 Å². The van der Waals surface area contributed by atoms with E-state index in [-0.39, 0.29) is 6.04 Å². The van der Waals surface area contributed by atoms with E-state index in [0.717, 1.165) is 17.7 Å². The predicted molar refractivity (Wildman–Crippen MR) is 87.4 cm³/mol. The van der Waals surface area contributed by atoms with Gasteiger partial charge in [0.2, 0.25) is 0 Å². The summed E-state index contributed by atoms with van der Waals surface area (Å²) < 4.78 is 0. The Bertz CT molecular complexity index is 567. The molecule has 112 valence electrons. The number of hydrogen-bond acceptors (Lipinski definition) is 3. The number of benzene rings is 2. The zero-order chi connectivity index (χ0) is 15.2. The molecule has 0 aliphatic rings. The van der Waals surface area contributed by atoms with Crippen LogP contribution in [0.5, 0.6) is 5.75 Å². The fourth-order valence-electron chi connectivity index (χ4n) is 2.43. The lowest BCUT2D eigenvalue weighted by molar-refractivity contribution is 0.339. The van der Waals surface area contributed by atoms with E-state index < -0.39 is 0 Å². The molecule has 0 bridgehead atoms. The topological polar surface area (TPSA) is 35.5 Å². The van der Waals surface area contributed by atoms with Gasteiger partial charge in [-0.2, -0.15) is 0 Å². The molecule has 0 heterocycles. The van der Waals surface area contributed by atoms with Gasteiger partial charge in [-0.25, -0.2) is 0 Å². The van der Waals surface area contributed by atoms with Gasteiger partial charge in [-0.3, -0.25) is 0 Å². The standard InChI is InChI=1S/C18H24N2O/c1-14-9-10-18(21)16(11-14)12-19-17(13-20(2)3)15-7-5-4-6-8-15/h4-11,17,19,21H,12-13H2,1-3H3. The fourth-order valence-corrected chi connectivity index (χ4v) is 2.43. The zero-order valence-electron chi connectivity index (χ0n) is 13.0. The molecule has 0 aliphatic carbocycles. The second-order valence-corrected chi connectivity index (χ2v) is 5.74. The van der Waals surface area contributed by atoms with Gasteiger partial charge in [-0.15, -0.1) is 0 Å². The Morgan fingerprint density at radius 1 is 1.10 bits per heavy atom. The summed E-state index contributed by atoms with van der Waals surface area (Å²) in [6.07, 6.45) is 0. The number of phenolic OH excluding ortho intramolecular Hbond substituents is 1. The first kappa shape index (κ1) is 15.5. The Hall–Kier alpha value is -1.84. The number of likely N-dealkylation sites (N-methyl/N-ethyl adjacent to an activating group) is 1. The van der Waals surface area contributed by atoms with Crippen LogP contribution in [0.2, 0.25) is 0 Å². The first-order valence-electron chi connectivity index (χ1n) is 7.28. The monoisotopic (exact) mass is 284 g/mol. The Kier molecular flexibility index (Phi) is 5.37. The summed E-state index contributed by atoms with van der Waals surface area (Å²) in [5.74, 6) is 0.352. The van der Waals surface area contributed by atoms with Gasteiger partial charge in [-0.05, 0) is 32.6 Å². The molecule has 1 atom stereocenters. The van der Waals surface area contributed by atoms with Gasteiger partial charge < -0.3 is 15.3 Å². The van der Waals surface area contributed by atoms with E-state index in [0.29, 0.717) is 12.3 Å². The van der Waals surface area contributed by atoms with Gasteiger partial charge in [0.15, 0.2) is 0 Å². The minimum atomic E-state index is 0.237. The van der Waals surface area contributed by atoms with Crippen molar-refractivity contribution in [2.75, 3.05) is 20.6 Å². The molecule has 0 saturated carbocycles. The Morgan fingerprint density at radius 3 is 2.48 bits per heavy atom. The van der Waals surface area contributed by atoms with Crippen LogP contribution in [0.4, 0.5) is 0 Å². The van der Waals surface area contributed by atoms with Crippen molar-refractivity contribution in [1.29, 1.82) is 0 Å². The molecule has 0 fully saturated rings. The van der Waals surface area contributed by atoms with Gasteiger partial charge >= 0.3 is 0 Å². The number of rotatable bonds is 6. The van der Waals surface area contributed by atoms with E-state index in [1.807, 2.05) is 25.1 Å². The highest BCUT2D eigenvalue weighted by Gasteiger charge is 2.12. The van der Waals surface area contributed by atoms with Crippen LogP contribution >= 0.6 is 0 Å². The van der Waals surface area contributed by atoms with Crippen LogP contribution in [0, 0.1) is 6.92 Å². The molecule has 0 aromatic heterocycles. The van der Waals surface area contributed by atoms with Crippen LogP contribution in [0.3, 0.4) is 0 Å². The van der Waals surface area contributed by atoms with Crippen molar-refractivity contribution >= 4 is 0 Å². The highest BCUT2D eigenvalue weighted by Crippen LogP contribution is 2.20. The predicted octanol–water partition coefficient (Wildman–Crippen LogP) is 3.09.